The maximum Gasteiger partial charge on any atom is -0.0267 e. The first-order valence-electron chi connectivity index (χ1n) is 4.86. The molecule has 0 aromatic rings. The molecule has 0 aromatic carbocycles. The summed E-state index contributed by atoms with van der Waals surface area (Å²) in [6, 6.07) is 0. The quantitative estimate of drug-likeness (QED) is 0.541. The van der Waals surface area contributed by atoms with Crippen LogP contribution in [0, 0.1) is 5.92 Å². The van der Waals surface area contributed by atoms with Crippen LogP contribution in [0.4, 0.5) is 0 Å². The maximum absolute atomic E-state index is 3.63. The Kier molecular flexibility index (Phi) is 12.3. The number of rotatable bonds is 3. The van der Waals surface area contributed by atoms with Crippen LogP contribution in [-0.4, -0.2) is 0 Å². The fraction of sp³-hybridized carbons (Fsp3) is 0.667. The van der Waals surface area contributed by atoms with Crippen molar-refractivity contribution in [3.8, 4) is 0 Å². The lowest BCUT2D eigenvalue weighted by Gasteiger charge is -1.93. The molecular weight excluding hydrogens is 144 g/mol. The first-order chi connectivity index (χ1) is 5.62. The number of hydrogen-bond donors (Lipinski definition) is 0. The van der Waals surface area contributed by atoms with E-state index in [9.17, 15) is 0 Å². The van der Waals surface area contributed by atoms with Crippen LogP contribution in [-0.2, 0) is 0 Å². The standard InChI is InChI=1S/2C6H12/c2*1-4-6(3)5-2/h4H,5H2,1-3H3;4,6H,1,5H2,2-3H3/b6-4+;. The summed E-state index contributed by atoms with van der Waals surface area (Å²) >= 11 is 0. The summed E-state index contributed by atoms with van der Waals surface area (Å²) < 4.78 is 0. The number of allylic oxidation sites excluding steroid dienone is 3. The lowest BCUT2D eigenvalue weighted by Crippen LogP contribution is -1.80. The van der Waals surface area contributed by atoms with Crippen molar-refractivity contribution in [2.24, 2.45) is 5.92 Å². The zero-order chi connectivity index (χ0) is 9.98. The lowest BCUT2D eigenvalue weighted by molar-refractivity contribution is 0.700. The minimum Gasteiger partial charge on any atom is -0.103 e. The molecule has 0 heteroatoms. The van der Waals surface area contributed by atoms with Crippen molar-refractivity contribution >= 4 is 0 Å². The van der Waals surface area contributed by atoms with Gasteiger partial charge in [-0.25, -0.2) is 0 Å². The minimum absolute atomic E-state index is 0.699. The first-order valence-corrected chi connectivity index (χ1v) is 4.86. The highest BCUT2D eigenvalue weighted by Gasteiger charge is 1.84. The molecule has 72 valence electrons. The van der Waals surface area contributed by atoms with E-state index in [4.69, 9.17) is 0 Å². The van der Waals surface area contributed by atoms with Gasteiger partial charge in [0.2, 0.25) is 0 Å². The fourth-order valence-corrected chi connectivity index (χ4v) is 0.371. The van der Waals surface area contributed by atoms with Gasteiger partial charge in [0.1, 0.15) is 0 Å². The lowest BCUT2D eigenvalue weighted by atomic mass is 10.1. The molecule has 1 atom stereocenters. The van der Waals surface area contributed by atoms with Crippen LogP contribution in [0.2, 0.25) is 0 Å². The second-order valence-corrected chi connectivity index (χ2v) is 3.11. The molecule has 0 bridgehead atoms. The van der Waals surface area contributed by atoms with Crippen molar-refractivity contribution in [2.45, 2.75) is 47.5 Å². The van der Waals surface area contributed by atoms with Gasteiger partial charge in [-0.3, -0.25) is 0 Å². The van der Waals surface area contributed by atoms with Gasteiger partial charge in [0.05, 0.1) is 0 Å². The Bertz CT molecular complexity index is 120. The minimum atomic E-state index is 0.699. The third kappa shape index (κ3) is 12.2. The van der Waals surface area contributed by atoms with Crippen molar-refractivity contribution in [1.29, 1.82) is 0 Å². The smallest absolute Gasteiger partial charge is 0.0267 e. The van der Waals surface area contributed by atoms with E-state index in [0.717, 1.165) is 0 Å². The summed E-state index contributed by atoms with van der Waals surface area (Å²) in [4.78, 5) is 0. The van der Waals surface area contributed by atoms with Crippen molar-refractivity contribution in [3.05, 3.63) is 24.3 Å². The molecule has 0 aliphatic carbocycles. The summed E-state index contributed by atoms with van der Waals surface area (Å²) in [7, 11) is 0. The topological polar surface area (TPSA) is 0 Å². The van der Waals surface area contributed by atoms with Gasteiger partial charge >= 0.3 is 0 Å². The molecule has 0 rings (SSSR count). The van der Waals surface area contributed by atoms with E-state index in [-0.39, 0.29) is 0 Å². The molecule has 0 aromatic heterocycles. The van der Waals surface area contributed by atoms with E-state index in [1.165, 1.54) is 18.4 Å². The van der Waals surface area contributed by atoms with E-state index in [1.54, 1.807) is 0 Å². The van der Waals surface area contributed by atoms with E-state index < -0.39 is 0 Å². The van der Waals surface area contributed by atoms with Gasteiger partial charge in [0.15, 0.2) is 0 Å². The van der Waals surface area contributed by atoms with Crippen LogP contribution < -0.4 is 0 Å². The highest BCUT2D eigenvalue weighted by Crippen LogP contribution is 1.98. The predicted octanol–water partition coefficient (Wildman–Crippen LogP) is 4.58. The highest BCUT2D eigenvalue weighted by molar-refractivity contribution is 4.93. The van der Waals surface area contributed by atoms with Gasteiger partial charge in [0, 0.05) is 0 Å². The Hall–Kier alpha value is -0.520. The van der Waals surface area contributed by atoms with E-state index in [0.29, 0.717) is 5.92 Å². The fourth-order valence-electron chi connectivity index (χ4n) is 0.371. The molecule has 0 radical (unpaired) electrons. The Balaban J connectivity index is 0. The molecule has 0 amide bonds. The van der Waals surface area contributed by atoms with Crippen LogP contribution in [0.5, 0.6) is 0 Å². The molecular formula is C12H24. The molecule has 0 N–H and O–H groups in total. The molecule has 12 heavy (non-hydrogen) atoms. The van der Waals surface area contributed by atoms with Gasteiger partial charge in [-0.15, -0.1) is 6.58 Å². The molecule has 0 fully saturated rings. The van der Waals surface area contributed by atoms with Crippen LogP contribution in [0.25, 0.3) is 0 Å². The van der Waals surface area contributed by atoms with Gasteiger partial charge in [-0.05, 0) is 26.2 Å². The predicted molar refractivity (Wildman–Crippen MR) is 59.4 cm³/mol. The van der Waals surface area contributed by atoms with E-state index in [2.05, 4.69) is 47.3 Å². The largest absolute Gasteiger partial charge is 0.103 e. The van der Waals surface area contributed by atoms with Crippen molar-refractivity contribution < 1.29 is 0 Å². The molecule has 0 aliphatic rings. The summed E-state index contributed by atoms with van der Waals surface area (Å²) in [5.74, 6) is 0.699. The Labute approximate surface area is 78.4 Å². The average molecular weight is 168 g/mol. The molecule has 0 saturated carbocycles. The van der Waals surface area contributed by atoms with Gasteiger partial charge in [-0.1, -0.05) is 44.9 Å². The van der Waals surface area contributed by atoms with Gasteiger partial charge < -0.3 is 0 Å². The Morgan fingerprint density at radius 3 is 1.92 bits per heavy atom. The maximum atomic E-state index is 3.63. The second kappa shape index (κ2) is 10.5. The normalized spacial score (nSPS) is 12.9. The summed E-state index contributed by atoms with van der Waals surface area (Å²) in [5.41, 5.74) is 1.47. The van der Waals surface area contributed by atoms with Crippen LogP contribution in [0.3, 0.4) is 0 Å². The van der Waals surface area contributed by atoms with Crippen molar-refractivity contribution in [2.75, 3.05) is 0 Å². The molecule has 0 saturated heterocycles. The van der Waals surface area contributed by atoms with E-state index in [1.807, 2.05) is 6.08 Å². The Morgan fingerprint density at radius 1 is 1.42 bits per heavy atom. The second-order valence-electron chi connectivity index (χ2n) is 3.11. The number of hydrogen-bond acceptors (Lipinski definition) is 0. The van der Waals surface area contributed by atoms with Crippen LogP contribution in [0.1, 0.15) is 47.5 Å². The molecule has 0 heterocycles. The summed E-state index contributed by atoms with van der Waals surface area (Å²) in [5, 5.41) is 0. The van der Waals surface area contributed by atoms with Gasteiger partial charge in [-0.2, -0.15) is 0 Å². The zero-order valence-electron chi connectivity index (χ0n) is 9.35. The third-order valence-electron chi connectivity index (χ3n) is 2.10. The van der Waals surface area contributed by atoms with Gasteiger partial charge in [0.25, 0.3) is 0 Å². The third-order valence-corrected chi connectivity index (χ3v) is 2.10. The molecule has 1 unspecified atom stereocenters. The molecule has 0 nitrogen and oxygen atoms in total. The van der Waals surface area contributed by atoms with Crippen LogP contribution in [0.15, 0.2) is 24.3 Å². The highest BCUT2D eigenvalue weighted by atomic mass is 13.9. The summed E-state index contributed by atoms with van der Waals surface area (Å²) in [6.07, 6.45) is 6.51. The van der Waals surface area contributed by atoms with Crippen molar-refractivity contribution in [1.82, 2.24) is 0 Å². The van der Waals surface area contributed by atoms with Crippen LogP contribution >= 0.6 is 0 Å². The SMILES string of the molecule is C/C=C(\C)CC.C=CC(C)CC. The zero-order valence-corrected chi connectivity index (χ0v) is 9.35. The van der Waals surface area contributed by atoms with Crippen molar-refractivity contribution in [3.63, 3.8) is 0 Å². The molecule has 0 aliphatic heterocycles. The Morgan fingerprint density at radius 2 is 1.92 bits per heavy atom. The average Bonchev–Trinajstić information content (AvgIpc) is 2.16. The first kappa shape index (κ1) is 14.0. The van der Waals surface area contributed by atoms with E-state index >= 15 is 0 Å². The molecule has 0 spiro atoms. The summed E-state index contributed by atoms with van der Waals surface area (Å²) in [6.45, 7) is 14.3. The monoisotopic (exact) mass is 168 g/mol.